The normalized spacial score (nSPS) is 17.4. The zero-order chi connectivity index (χ0) is 16.9. The molecule has 0 aliphatic carbocycles. The Labute approximate surface area is 138 Å². The zero-order valence-electron chi connectivity index (χ0n) is 13.5. The van der Waals surface area contributed by atoms with Crippen LogP contribution in [0.5, 0.6) is 0 Å². The van der Waals surface area contributed by atoms with Crippen molar-refractivity contribution in [3.8, 4) is 0 Å². The van der Waals surface area contributed by atoms with Gasteiger partial charge in [-0.05, 0) is 32.4 Å². The van der Waals surface area contributed by atoms with Crippen LogP contribution in [0.4, 0.5) is 26.2 Å². The molecule has 3 heterocycles. The van der Waals surface area contributed by atoms with Gasteiger partial charge in [0.25, 0.3) is 6.43 Å². The third-order valence-corrected chi connectivity index (χ3v) is 3.91. The van der Waals surface area contributed by atoms with Crippen molar-refractivity contribution in [2.24, 2.45) is 5.92 Å². The Hall–Kier alpha value is -2.29. The van der Waals surface area contributed by atoms with Gasteiger partial charge in [-0.25, -0.2) is 13.8 Å². The summed E-state index contributed by atoms with van der Waals surface area (Å²) in [5.41, 5.74) is 1.53. The maximum absolute atomic E-state index is 12.3. The maximum atomic E-state index is 12.3. The SMILES string of the molecule is Cc1cnc(Nc2cnn(CC(F)F)c2)nc1NC[C@@H]1CCNC1. The minimum absolute atomic E-state index is 0.407. The van der Waals surface area contributed by atoms with E-state index in [9.17, 15) is 8.78 Å². The van der Waals surface area contributed by atoms with Crippen LogP contribution in [0.1, 0.15) is 12.0 Å². The van der Waals surface area contributed by atoms with Gasteiger partial charge in [-0.2, -0.15) is 10.1 Å². The van der Waals surface area contributed by atoms with E-state index in [1.807, 2.05) is 6.92 Å². The first-order chi connectivity index (χ1) is 11.6. The highest BCUT2D eigenvalue weighted by molar-refractivity contribution is 5.54. The number of alkyl halides is 2. The molecular formula is C15H21F2N7. The molecule has 1 aliphatic rings. The van der Waals surface area contributed by atoms with E-state index in [4.69, 9.17) is 0 Å². The van der Waals surface area contributed by atoms with E-state index in [0.29, 0.717) is 17.6 Å². The van der Waals surface area contributed by atoms with Crippen LogP contribution in [-0.2, 0) is 6.54 Å². The minimum atomic E-state index is -2.44. The van der Waals surface area contributed by atoms with E-state index < -0.39 is 13.0 Å². The van der Waals surface area contributed by atoms with Gasteiger partial charge in [0.2, 0.25) is 5.95 Å². The Balaban J connectivity index is 1.63. The monoisotopic (exact) mass is 337 g/mol. The van der Waals surface area contributed by atoms with Crippen LogP contribution in [0.2, 0.25) is 0 Å². The second-order valence-electron chi connectivity index (χ2n) is 5.93. The third-order valence-electron chi connectivity index (χ3n) is 3.91. The summed E-state index contributed by atoms with van der Waals surface area (Å²) in [6.07, 6.45) is 3.43. The van der Waals surface area contributed by atoms with Gasteiger partial charge in [0.15, 0.2) is 0 Å². The molecule has 0 aromatic carbocycles. The fourth-order valence-corrected chi connectivity index (χ4v) is 2.61. The number of aryl methyl sites for hydroxylation is 1. The molecule has 0 spiro atoms. The van der Waals surface area contributed by atoms with Gasteiger partial charge in [-0.3, -0.25) is 4.68 Å². The molecule has 24 heavy (non-hydrogen) atoms. The van der Waals surface area contributed by atoms with Crippen molar-refractivity contribution >= 4 is 17.5 Å². The number of aromatic nitrogens is 4. The maximum Gasteiger partial charge on any atom is 0.257 e. The molecule has 0 bridgehead atoms. The van der Waals surface area contributed by atoms with Crippen LogP contribution < -0.4 is 16.0 Å². The number of rotatable bonds is 7. The molecule has 0 amide bonds. The lowest BCUT2D eigenvalue weighted by Gasteiger charge is -2.13. The summed E-state index contributed by atoms with van der Waals surface area (Å²) in [5, 5.41) is 13.6. The summed E-state index contributed by atoms with van der Waals surface area (Å²) in [5.74, 6) is 1.78. The first kappa shape index (κ1) is 16.6. The van der Waals surface area contributed by atoms with Crippen LogP contribution in [0.25, 0.3) is 0 Å². The van der Waals surface area contributed by atoms with Crippen molar-refractivity contribution in [1.82, 2.24) is 25.1 Å². The molecular weight excluding hydrogens is 316 g/mol. The first-order valence-corrected chi connectivity index (χ1v) is 7.96. The predicted molar refractivity (Wildman–Crippen MR) is 87.7 cm³/mol. The molecule has 1 fully saturated rings. The fourth-order valence-electron chi connectivity index (χ4n) is 2.61. The Kier molecular flexibility index (Phi) is 5.19. The van der Waals surface area contributed by atoms with Crippen molar-refractivity contribution in [2.75, 3.05) is 30.3 Å². The Morgan fingerprint density at radius 3 is 3.04 bits per heavy atom. The zero-order valence-corrected chi connectivity index (χ0v) is 13.5. The largest absolute Gasteiger partial charge is 0.369 e. The highest BCUT2D eigenvalue weighted by Crippen LogP contribution is 2.18. The molecule has 0 unspecified atom stereocenters. The van der Waals surface area contributed by atoms with Crippen LogP contribution >= 0.6 is 0 Å². The van der Waals surface area contributed by atoms with Gasteiger partial charge in [-0.15, -0.1) is 0 Å². The predicted octanol–water partition coefficient (Wildman–Crippen LogP) is 2.01. The van der Waals surface area contributed by atoms with Gasteiger partial charge in [0.05, 0.1) is 11.9 Å². The summed E-state index contributed by atoms with van der Waals surface area (Å²) in [4.78, 5) is 8.68. The lowest BCUT2D eigenvalue weighted by atomic mass is 10.1. The highest BCUT2D eigenvalue weighted by Gasteiger charge is 2.15. The summed E-state index contributed by atoms with van der Waals surface area (Å²) >= 11 is 0. The molecule has 3 N–H and O–H groups in total. The molecule has 2 aromatic rings. The molecule has 1 atom stereocenters. The number of nitrogens with one attached hydrogen (secondary N) is 3. The number of halogens is 2. The number of hydrogen-bond donors (Lipinski definition) is 3. The number of hydrogen-bond acceptors (Lipinski definition) is 6. The third kappa shape index (κ3) is 4.38. The van der Waals surface area contributed by atoms with Crippen molar-refractivity contribution in [1.29, 1.82) is 0 Å². The highest BCUT2D eigenvalue weighted by atomic mass is 19.3. The lowest BCUT2D eigenvalue weighted by molar-refractivity contribution is 0.122. The smallest absolute Gasteiger partial charge is 0.257 e. The average molecular weight is 337 g/mol. The molecule has 7 nitrogen and oxygen atoms in total. The Morgan fingerprint density at radius 1 is 1.42 bits per heavy atom. The molecule has 1 aliphatic heterocycles. The van der Waals surface area contributed by atoms with Crippen molar-refractivity contribution in [3.63, 3.8) is 0 Å². The van der Waals surface area contributed by atoms with E-state index in [0.717, 1.165) is 37.4 Å². The molecule has 0 saturated carbocycles. The van der Waals surface area contributed by atoms with Gasteiger partial charge in [-0.1, -0.05) is 0 Å². The molecule has 3 rings (SSSR count). The van der Waals surface area contributed by atoms with E-state index in [1.165, 1.54) is 17.1 Å². The van der Waals surface area contributed by atoms with Crippen molar-refractivity contribution in [2.45, 2.75) is 26.3 Å². The molecule has 0 radical (unpaired) electrons. The first-order valence-electron chi connectivity index (χ1n) is 7.96. The second-order valence-corrected chi connectivity index (χ2v) is 5.93. The standard InChI is InChI=1S/C15H21F2N7/c1-10-4-20-15(22-12-7-21-24(8-12)9-13(16)17)23-14(10)19-6-11-2-3-18-5-11/h4,7-8,11,13,18H,2-3,5-6,9H2,1H3,(H2,19,20,22,23)/t11-/m1/s1. The molecule has 2 aromatic heterocycles. The fraction of sp³-hybridized carbons (Fsp3) is 0.533. The van der Waals surface area contributed by atoms with Crippen molar-refractivity contribution < 1.29 is 8.78 Å². The Bertz CT molecular complexity index is 668. The van der Waals surface area contributed by atoms with Crippen LogP contribution in [0.15, 0.2) is 18.6 Å². The molecule has 130 valence electrons. The van der Waals surface area contributed by atoms with Gasteiger partial charge >= 0.3 is 0 Å². The summed E-state index contributed by atoms with van der Waals surface area (Å²) < 4.78 is 25.9. The van der Waals surface area contributed by atoms with E-state index >= 15 is 0 Å². The average Bonchev–Trinajstić information content (AvgIpc) is 3.19. The van der Waals surface area contributed by atoms with Gasteiger partial charge < -0.3 is 16.0 Å². The van der Waals surface area contributed by atoms with Gasteiger partial charge in [0.1, 0.15) is 12.4 Å². The van der Waals surface area contributed by atoms with Gasteiger partial charge in [0, 0.05) is 24.5 Å². The van der Waals surface area contributed by atoms with E-state index in [2.05, 4.69) is 31.0 Å². The molecule has 1 saturated heterocycles. The summed E-state index contributed by atoms with van der Waals surface area (Å²) in [6.45, 7) is 4.45. The number of nitrogens with zero attached hydrogens (tertiary/aromatic N) is 4. The van der Waals surface area contributed by atoms with Crippen LogP contribution in [0, 0.1) is 12.8 Å². The minimum Gasteiger partial charge on any atom is -0.369 e. The summed E-state index contributed by atoms with van der Waals surface area (Å²) in [6, 6.07) is 0. The van der Waals surface area contributed by atoms with Crippen LogP contribution in [0.3, 0.4) is 0 Å². The summed E-state index contributed by atoms with van der Waals surface area (Å²) in [7, 11) is 0. The lowest BCUT2D eigenvalue weighted by Crippen LogP contribution is -2.18. The number of anilines is 3. The Morgan fingerprint density at radius 2 is 2.29 bits per heavy atom. The van der Waals surface area contributed by atoms with Crippen LogP contribution in [-0.4, -0.2) is 45.8 Å². The quantitative estimate of drug-likeness (QED) is 0.717. The van der Waals surface area contributed by atoms with Crippen molar-refractivity contribution in [3.05, 3.63) is 24.2 Å². The van der Waals surface area contributed by atoms with E-state index in [1.54, 1.807) is 6.20 Å². The topological polar surface area (TPSA) is 79.7 Å². The second kappa shape index (κ2) is 7.52. The van der Waals surface area contributed by atoms with E-state index in [-0.39, 0.29) is 0 Å². The molecule has 9 heteroatoms.